The minimum atomic E-state index is 0.833. The Hall–Kier alpha value is -0.780. The van der Waals surface area contributed by atoms with Crippen molar-refractivity contribution in [1.82, 2.24) is 0 Å². The van der Waals surface area contributed by atoms with Gasteiger partial charge in [-0.15, -0.1) is 0 Å². The quantitative estimate of drug-likeness (QED) is 0.501. The maximum Gasteiger partial charge on any atom is -0.0100 e. The van der Waals surface area contributed by atoms with Crippen LogP contribution >= 0.6 is 0 Å². The van der Waals surface area contributed by atoms with Crippen molar-refractivity contribution in [2.45, 2.75) is 48.0 Å². The van der Waals surface area contributed by atoms with E-state index < -0.39 is 0 Å². The largest absolute Gasteiger partial charge is 0.0955 e. The average Bonchev–Trinajstić information content (AvgIpc) is 2.03. The van der Waals surface area contributed by atoms with E-state index in [1.165, 1.54) is 5.57 Å². The summed E-state index contributed by atoms with van der Waals surface area (Å²) in [5, 5.41) is 0. The van der Waals surface area contributed by atoms with Gasteiger partial charge >= 0.3 is 0 Å². The summed E-state index contributed by atoms with van der Waals surface area (Å²) in [6, 6.07) is 0. The summed E-state index contributed by atoms with van der Waals surface area (Å²) in [6.07, 6.45) is 9.19. The van der Waals surface area contributed by atoms with E-state index >= 15 is 0 Å². The van der Waals surface area contributed by atoms with Crippen LogP contribution < -0.4 is 0 Å². The normalized spacial score (nSPS) is 13.2. The SMILES string of the molecule is C=C1C=CC=CC1.CC(C)C.CC(C)C. The van der Waals surface area contributed by atoms with Gasteiger partial charge in [0.05, 0.1) is 0 Å². The van der Waals surface area contributed by atoms with Crippen molar-refractivity contribution in [2.24, 2.45) is 11.8 Å². The third kappa shape index (κ3) is 31.9. The smallest absolute Gasteiger partial charge is 0.0100 e. The molecule has 0 fully saturated rings. The summed E-state index contributed by atoms with van der Waals surface area (Å²) >= 11 is 0. The zero-order valence-corrected chi connectivity index (χ0v) is 11.4. The highest BCUT2D eigenvalue weighted by atomic mass is 13.9. The molecular weight excluding hydrogens is 180 g/mol. The number of rotatable bonds is 0. The van der Waals surface area contributed by atoms with Crippen LogP contribution in [0.4, 0.5) is 0 Å². The lowest BCUT2D eigenvalue weighted by atomic mass is 10.1. The molecule has 0 nitrogen and oxygen atoms in total. The first-order valence-electron chi connectivity index (χ1n) is 5.87. The Labute approximate surface area is 96.8 Å². The molecule has 0 aromatic rings. The summed E-state index contributed by atoms with van der Waals surface area (Å²) in [5.41, 5.74) is 1.20. The zero-order chi connectivity index (χ0) is 12.3. The fraction of sp³-hybridized carbons (Fsp3) is 0.600. The molecular formula is C15H28. The third-order valence-electron chi connectivity index (χ3n) is 0.959. The molecule has 0 unspecified atom stereocenters. The average molecular weight is 208 g/mol. The first-order chi connectivity index (χ1) is 6.86. The molecule has 0 aromatic heterocycles. The predicted molar refractivity (Wildman–Crippen MR) is 73.1 cm³/mol. The Morgan fingerprint density at radius 1 is 0.933 bits per heavy atom. The minimum Gasteiger partial charge on any atom is -0.0955 e. The van der Waals surface area contributed by atoms with E-state index in [1.54, 1.807) is 0 Å². The topological polar surface area (TPSA) is 0 Å². The highest BCUT2D eigenvalue weighted by molar-refractivity contribution is 5.26. The van der Waals surface area contributed by atoms with Gasteiger partial charge in [-0.1, -0.05) is 78.0 Å². The lowest BCUT2D eigenvalue weighted by molar-refractivity contribution is 0.736. The van der Waals surface area contributed by atoms with Crippen molar-refractivity contribution >= 4 is 0 Å². The van der Waals surface area contributed by atoms with Gasteiger partial charge in [0, 0.05) is 0 Å². The molecule has 0 spiro atoms. The van der Waals surface area contributed by atoms with Crippen LogP contribution in [0, 0.1) is 11.8 Å². The van der Waals surface area contributed by atoms with Gasteiger partial charge in [-0.3, -0.25) is 0 Å². The maximum absolute atomic E-state index is 3.78. The third-order valence-corrected chi connectivity index (χ3v) is 0.959. The second-order valence-corrected chi connectivity index (χ2v) is 5.11. The van der Waals surface area contributed by atoms with Crippen LogP contribution in [0.2, 0.25) is 0 Å². The minimum absolute atomic E-state index is 0.833. The summed E-state index contributed by atoms with van der Waals surface area (Å²) in [6.45, 7) is 16.8. The van der Waals surface area contributed by atoms with E-state index in [-0.39, 0.29) is 0 Å². The second kappa shape index (κ2) is 11.3. The molecule has 88 valence electrons. The molecule has 0 saturated carbocycles. The second-order valence-electron chi connectivity index (χ2n) is 5.11. The molecule has 0 bridgehead atoms. The first kappa shape index (κ1) is 16.6. The van der Waals surface area contributed by atoms with Crippen molar-refractivity contribution in [1.29, 1.82) is 0 Å². The molecule has 0 heterocycles. The monoisotopic (exact) mass is 208 g/mol. The van der Waals surface area contributed by atoms with Crippen LogP contribution in [0.15, 0.2) is 36.5 Å². The van der Waals surface area contributed by atoms with Gasteiger partial charge in [-0.2, -0.15) is 0 Å². The highest BCUT2D eigenvalue weighted by Crippen LogP contribution is 2.05. The van der Waals surface area contributed by atoms with Gasteiger partial charge < -0.3 is 0 Å². The molecule has 1 aliphatic rings. The van der Waals surface area contributed by atoms with E-state index in [0.29, 0.717) is 0 Å². The molecule has 0 amide bonds. The Balaban J connectivity index is 0. The highest BCUT2D eigenvalue weighted by Gasteiger charge is 1.84. The van der Waals surface area contributed by atoms with E-state index in [4.69, 9.17) is 0 Å². The van der Waals surface area contributed by atoms with Crippen molar-refractivity contribution in [3.05, 3.63) is 36.5 Å². The number of hydrogen-bond donors (Lipinski definition) is 0. The number of allylic oxidation sites excluding steroid dienone is 5. The van der Waals surface area contributed by atoms with Gasteiger partial charge in [0.2, 0.25) is 0 Å². The van der Waals surface area contributed by atoms with Crippen LogP contribution in [-0.2, 0) is 0 Å². The standard InChI is InChI=1S/C7H8.2C4H10/c1-7-5-3-2-4-6-7;2*1-4(2)3/h2-5H,1,6H2;2*4H,1-3H3. The van der Waals surface area contributed by atoms with Crippen molar-refractivity contribution in [3.63, 3.8) is 0 Å². The van der Waals surface area contributed by atoms with Crippen LogP contribution in [-0.4, -0.2) is 0 Å². The summed E-state index contributed by atoms with van der Waals surface area (Å²) < 4.78 is 0. The first-order valence-corrected chi connectivity index (χ1v) is 5.87. The van der Waals surface area contributed by atoms with Gasteiger partial charge in [-0.05, 0) is 18.3 Å². The summed E-state index contributed by atoms with van der Waals surface area (Å²) in [4.78, 5) is 0. The fourth-order valence-electron chi connectivity index (χ4n) is 0.558. The van der Waals surface area contributed by atoms with Crippen LogP contribution in [0.5, 0.6) is 0 Å². The Bertz CT molecular complexity index is 181. The molecule has 1 rings (SSSR count). The van der Waals surface area contributed by atoms with Gasteiger partial charge in [0.15, 0.2) is 0 Å². The molecule has 0 heteroatoms. The van der Waals surface area contributed by atoms with Crippen molar-refractivity contribution < 1.29 is 0 Å². The molecule has 15 heavy (non-hydrogen) atoms. The van der Waals surface area contributed by atoms with Crippen molar-refractivity contribution in [2.75, 3.05) is 0 Å². The van der Waals surface area contributed by atoms with Crippen LogP contribution in [0.1, 0.15) is 48.0 Å². The summed E-state index contributed by atoms with van der Waals surface area (Å²) in [5.74, 6) is 1.67. The molecule has 0 N–H and O–H groups in total. The van der Waals surface area contributed by atoms with Gasteiger partial charge in [-0.25, -0.2) is 0 Å². The zero-order valence-electron chi connectivity index (χ0n) is 11.4. The van der Waals surface area contributed by atoms with Crippen molar-refractivity contribution in [3.8, 4) is 0 Å². The van der Waals surface area contributed by atoms with E-state index in [0.717, 1.165) is 18.3 Å². The van der Waals surface area contributed by atoms with Gasteiger partial charge in [0.25, 0.3) is 0 Å². The Kier molecular flexibility index (Phi) is 12.5. The fourth-order valence-corrected chi connectivity index (χ4v) is 0.558. The molecule has 0 radical (unpaired) electrons. The maximum atomic E-state index is 3.78. The van der Waals surface area contributed by atoms with Crippen LogP contribution in [0.25, 0.3) is 0 Å². The molecule has 0 saturated heterocycles. The van der Waals surface area contributed by atoms with E-state index in [2.05, 4.69) is 54.2 Å². The molecule has 0 aliphatic heterocycles. The van der Waals surface area contributed by atoms with E-state index in [1.807, 2.05) is 18.2 Å². The Morgan fingerprint density at radius 2 is 1.33 bits per heavy atom. The summed E-state index contributed by atoms with van der Waals surface area (Å²) in [7, 11) is 0. The molecule has 0 aromatic carbocycles. The van der Waals surface area contributed by atoms with Gasteiger partial charge in [0.1, 0.15) is 0 Å². The molecule has 1 aliphatic carbocycles. The molecule has 0 atom stereocenters. The van der Waals surface area contributed by atoms with Crippen LogP contribution in [0.3, 0.4) is 0 Å². The lowest BCUT2D eigenvalue weighted by Crippen LogP contribution is -1.74. The Morgan fingerprint density at radius 3 is 1.47 bits per heavy atom. The predicted octanol–water partition coefficient (Wildman–Crippen LogP) is 5.38. The number of hydrogen-bond acceptors (Lipinski definition) is 0. The van der Waals surface area contributed by atoms with E-state index in [9.17, 15) is 0 Å². The lowest BCUT2D eigenvalue weighted by Gasteiger charge is -1.94.